The third-order valence-electron chi connectivity index (χ3n) is 6.79. The number of carbonyl (C=O) groups is 2. The summed E-state index contributed by atoms with van der Waals surface area (Å²) in [6.45, 7) is 0.357. The number of aliphatic hydroxyl groups excluding tert-OH is 1. The Hall–Kier alpha value is -2.08. The number of hydrogen-bond acceptors (Lipinski definition) is 3. The number of rotatable bonds is 6. The lowest BCUT2D eigenvalue weighted by molar-refractivity contribution is -0.157. The second kappa shape index (κ2) is 8.52. The standard InChI is InChI=1S/C22H31N3O3/c26-14-19-20(15-7-2-1-3-8-15)18(25(19)21(27)16-9-6-10-16)13-23-22(28)24-17-11-4-5-12-17/h1-3,7-8,16-20,26H,4-6,9-14H2,(H2,23,24,28)/t18-,19-,20+/m0/s1. The van der Waals surface area contributed by atoms with Gasteiger partial charge in [-0.2, -0.15) is 0 Å². The van der Waals surface area contributed by atoms with Crippen LogP contribution in [0, 0.1) is 5.92 Å². The van der Waals surface area contributed by atoms with Crippen LogP contribution in [0.5, 0.6) is 0 Å². The van der Waals surface area contributed by atoms with Crippen LogP contribution in [0.25, 0.3) is 0 Å². The summed E-state index contributed by atoms with van der Waals surface area (Å²) >= 11 is 0. The quantitative estimate of drug-likeness (QED) is 0.703. The maximum Gasteiger partial charge on any atom is 0.315 e. The number of urea groups is 1. The maximum atomic E-state index is 13.0. The molecule has 1 heterocycles. The molecule has 1 aromatic carbocycles. The molecular weight excluding hydrogens is 354 g/mol. The maximum absolute atomic E-state index is 13.0. The smallest absolute Gasteiger partial charge is 0.315 e. The predicted molar refractivity (Wildman–Crippen MR) is 107 cm³/mol. The van der Waals surface area contributed by atoms with Crippen LogP contribution in [0.15, 0.2) is 30.3 Å². The Morgan fingerprint density at radius 3 is 2.32 bits per heavy atom. The van der Waals surface area contributed by atoms with Crippen molar-refractivity contribution in [2.75, 3.05) is 13.2 Å². The third-order valence-corrected chi connectivity index (χ3v) is 6.79. The summed E-state index contributed by atoms with van der Waals surface area (Å²) in [6.07, 6.45) is 7.40. The molecule has 2 saturated carbocycles. The van der Waals surface area contributed by atoms with Gasteiger partial charge in [-0.3, -0.25) is 4.79 Å². The summed E-state index contributed by atoms with van der Waals surface area (Å²) in [5.41, 5.74) is 1.11. The molecule has 6 nitrogen and oxygen atoms in total. The van der Waals surface area contributed by atoms with Gasteiger partial charge in [0.15, 0.2) is 0 Å². The molecule has 152 valence electrons. The molecule has 0 spiro atoms. The van der Waals surface area contributed by atoms with E-state index < -0.39 is 0 Å². The zero-order chi connectivity index (χ0) is 19.5. The van der Waals surface area contributed by atoms with Crippen molar-refractivity contribution in [3.8, 4) is 0 Å². The van der Waals surface area contributed by atoms with E-state index in [1.807, 2.05) is 35.2 Å². The van der Waals surface area contributed by atoms with Gasteiger partial charge in [0.2, 0.25) is 5.91 Å². The molecule has 0 unspecified atom stereocenters. The Morgan fingerprint density at radius 1 is 1.00 bits per heavy atom. The van der Waals surface area contributed by atoms with E-state index in [1.165, 1.54) is 12.8 Å². The van der Waals surface area contributed by atoms with Crippen LogP contribution < -0.4 is 10.6 Å². The largest absolute Gasteiger partial charge is 0.394 e. The zero-order valence-corrected chi connectivity index (χ0v) is 16.3. The van der Waals surface area contributed by atoms with Gasteiger partial charge < -0.3 is 20.6 Å². The molecule has 3 atom stereocenters. The fourth-order valence-electron chi connectivity index (χ4n) is 4.99. The third kappa shape index (κ3) is 3.75. The lowest BCUT2D eigenvalue weighted by Gasteiger charge is -2.56. The minimum Gasteiger partial charge on any atom is -0.394 e. The Bertz CT molecular complexity index is 686. The highest BCUT2D eigenvalue weighted by atomic mass is 16.3. The van der Waals surface area contributed by atoms with Crippen LogP contribution in [0.2, 0.25) is 0 Å². The molecule has 3 aliphatic rings. The van der Waals surface area contributed by atoms with E-state index in [2.05, 4.69) is 10.6 Å². The molecule has 4 rings (SSSR count). The average Bonchev–Trinajstić information content (AvgIpc) is 3.13. The molecule has 3 N–H and O–H groups in total. The van der Waals surface area contributed by atoms with E-state index in [0.717, 1.165) is 37.7 Å². The summed E-state index contributed by atoms with van der Waals surface area (Å²) in [7, 11) is 0. The lowest BCUT2D eigenvalue weighted by atomic mass is 9.72. The molecule has 3 fully saturated rings. The molecule has 0 bridgehead atoms. The van der Waals surface area contributed by atoms with E-state index in [0.29, 0.717) is 6.54 Å². The average molecular weight is 386 g/mol. The molecule has 0 aromatic heterocycles. The Labute approximate surface area is 166 Å². The summed E-state index contributed by atoms with van der Waals surface area (Å²) < 4.78 is 0. The van der Waals surface area contributed by atoms with Gasteiger partial charge in [0.25, 0.3) is 0 Å². The van der Waals surface area contributed by atoms with Crippen LogP contribution in [0.3, 0.4) is 0 Å². The number of carbonyl (C=O) groups excluding carboxylic acids is 2. The first kappa shape index (κ1) is 19.2. The molecule has 3 amide bonds. The number of nitrogens with zero attached hydrogens (tertiary/aromatic N) is 1. The van der Waals surface area contributed by atoms with E-state index in [1.54, 1.807) is 0 Å². The van der Waals surface area contributed by atoms with E-state index >= 15 is 0 Å². The number of nitrogens with one attached hydrogen (secondary N) is 2. The van der Waals surface area contributed by atoms with Crippen molar-refractivity contribution in [1.29, 1.82) is 0 Å². The monoisotopic (exact) mass is 385 g/mol. The molecule has 6 heteroatoms. The fraction of sp³-hybridized carbons (Fsp3) is 0.636. The predicted octanol–water partition coefficient (Wildman–Crippen LogP) is 2.38. The summed E-state index contributed by atoms with van der Waals surface area (Å²) in [5.74, 6) is 0.267. The Balaban J connectivity index is 1.45. The molecule has 1 saturated heterocycles. The van der Waals surface area contributed by atoms with Gasteiger partial charge in [0.1, 0.15) is 0 Å². The molecule has 1 aliphatic heterocycles. The number of aliphatic hydroxyl groups is 1. The molecule has 28 heavy (non-hydrogen) atoms. The highest BCUT2D eigenvalue weighted by molar-refractivity contribution is 5.82. The first-order valence-electron chi connectivity index (χ1n) is 10.7. The number of amides is 3. The summed E-state index contributed by atoms with van der Waals surface area (Å²) in [6, 6.07) is 9.83. The molecular formula is C22H31N3O3. The number of benzene rings is 1. The minimum absolute atomic E-state index is 0.0435. The van der Waals surface area contributed by atoms with Gasteiger partial charge in [-0.15, -0.1) is 0 Å². The van der Waals surface area contributed by atoms with E-state index in [-0.39, 0.29) is 48.5 Å². The van der Waals surface area contributed by atoms with Crippen molar-refractivity contribution < 1.29 is 14.7 Å². The van der Waals surface area contributed by atoms with Gasteiger partial charge in [0, 0.05) is 24.4 Å². The molecule has 1 aromatic rings. The van der Waals surface area contributed by atoms with E-state index in [9.17, 15) is 14.7 Å². The van der Waals surface area contributed by atoms with Crippen molar-refractivity contribution in [2.24, 2.45) is 5.92 Å². The van der Waals surface area contributed by atoms with Crippen LogP contribution in [-0.2, 0) is 4.79 Å². The van der Waals surface area contributed by atoms with Gasteiger partial charge in [-0.05, 0) is 31.2 Å². The first-order valence-corrected chi connectivity index (χ1v) is 10.7. The highest BCUT2D eigenvalue weighted by Gasteiger charge is 2.52. The molecule has 2 aliphatic carbocycles. The topological polar surface area (TPSA) is 81.7 Å². The van der Waals surface area contributed by atoms with Crippen molar-refractivity contribution >= 4 is 11.9 Å². The van der Waals surface area contributed by atoms with Crippen LogP contribution in [0.4, 0.5) is 4.79 Å². The van der Waals surface area contributed by atoms with Crippen molar-refractivity contribution in [3.05, 3.63) is 35.9 Å². The summed E-state index contributed by atoms with van der Waals surface area (Å²) in [4.78, 5) is 27.2. The number of hydrogen-bond donors (Lipinski definition) is 3. The first-order chi connectivity index (χ1) is 13.7. The van der Waals surface area contributed by atoms with Crippen LogP contribution in [0.1, 0.15) is 56.4 Å². The second-order valence-corrected chi connectivity index (χ2v) is 8.46. The van der Waals surface area contributed by atoms with Crippen molar-refractivity contribution in [1.82, 2.24) is 15.5 Å². The van der Waals surface area contributed by atoms with Gasteiger partial charge >= 0.3 is 6.03 Å². The molecule has 0 radical (unpaired) electrons. The summed E-state index contributed by atoms with van der Waals surface area (Å²) in [5, 5.41) is 16.0. The van der Waals surface area contributed by atoms with Gasteiger partial charge in [0.05, 0.1) is 18.7 Å². The van der Waals surface area contributed by atoms with Crippen LogP contribution >= 0.6 is 0 Å². The van der Waals surface area contributed by atoms with Crippen molar-refractivity contribution in [3.63, 3.8) is 0 Å². The highest BCUT2D eigenvalue weighted by Crippen LogP contribution is 2.43. The fourth-order valence-corrected chi connectivity index (χ4v) is 4.99. The number of likely N-dealkylation sites (tertiary alicyclic amines) is 1. The van der Waals surface area contributed by atoms with Crippen molar-refractivity contribution in [2.45, 2.75) is 69.0 Å². The zero-order valence-electron chi connectivity index (χ0n) is 16.3. The van der Waals surface area contributed by atoms with E-state index in [4.69, 9.17) is 0 Å². The SMILES string of the molecule is O=C(NC[C@H]1[C@@H](c2ccccc2)[C@H](CO)N1C(=O)C1CCC1)NC1CCCC1. The Morgan fingerprint density at radius 2 is 1.71 bits per heavy atom. The second-order valence-electron chi connectivity index (χ2n) is 8.46. The lowest BCUT2D eigenvalue weighted by Crippen LogP contribution is -2.70. The Kier molecular flexibility index (Phi) is 5.85. The van der Waals surface area contributed by atoms with Crippen LogP contribution in [-0.4, -0.2) is 53.2 Å². The van der Waals surface area contributed by atoms with Gasteiger partial charge in [-0.1, -0.05) is 49.6 Å². The normalized spacial score (nSPS) is 27.8. The minimum atomic E-state index is -0.208. The van der Waals surface area contributed by atoms with Gasteiger partial charge in [-0.25, -0.2) is 4.79 Å².